The Kier molecular flexibility index (Phi) is 10.2. The van der Waals surface area contributed by atoms with E-state index in [-0.39, 0.29) is 36.5 Å². The summed E-state index contributed by atoms with van der Waals surface area (Å²) in [6.45, 7) is 4.33. The highest BCUT2D eigenvalue weighted by molar-refractivity contribution is 5.92. The fourth-order valence-corrected chi connectivity index (χ4v) is 1.67. The second kappa shape index (κ2) is 11.0. The van der Waals surface area contributed by atoms with E-state index in [2.05, 4.69) is 27.7 Å². The van der Waals surface area contributed by atoms with Crippen molar-refractivity contribution in [2.75, 3.05) is 19.6 Å². The molecule has 0 atom stereocenters. The Bertz CT molecular complexity index is 549. The summed E-state index contributed by atoms with van der Waals surface area (Å²) in [6, 6.07) is 7.09. The zero-order valence-electron chi connectivity index (χ0n) is 12.2. The molecule has 0 aliphatic heterocycles. The topological polar surface area (TPSA) is 80.0 Å². The molecule has 6 nitrogen and oxygen atoms in total. The smallest absolute Gasteiger partial charge is 0.289 e. The number of carbonyl (C=O) groups is 1. The molecule has 0 saturated carbocycles. The van der Waals surface area contributed by atoms with Crippen LogP contribution >= 0.6 is 24.8 Å². The third-order valence-electron chi connectivity index (χ3n) is 2.68. The molecule has 0 unspecified atom stereocenters. The molecule has 2 heterocycles. The zero-order valence-corrected chi connectivity index (χ0v) is 13.9. The van der Waals surface area contributed by atoms with Crippen LogP contribution in [0.5, 0.6) is 0 Å². The summed E-state index contributed by atoms with van der Waals surface area (Å²) in [7, 11) is 0. The minimum absolute atomic E-state index is 0. The van der Waals surface area contributed by atoms with Crippen molar-refractivity contribution in [3.05, 3.63) is 36.2 Å². The normalized spacial score (nSPS) is 9.50. The minimum atomic E-state index is -0.266. The Labute approximate surface area is 141 Å². The SMILES string of the molecule is CCCNCCNC(=O)c1cc(-c2ccccn2)no1.Cl.Cl. The van der Waals surface area contributed by atoms with Crippen LogP contribution in [0, 0.1) is 0 Å². The maximum absolute atomic E-state index is 11.8. The van der Waals surface area contributed by atoms with Crippen LogP contribution in [0.25, 0.3) is 11.4 Å². The molecule has 0 fully saturated rings. The Balaban J connectivity index is 0.00000220. The van der Waals surface area contributed by atoms with Gasteiger partial charge in [-0.25, -0.2) is 0 Å². The molecule has 0 saturated heterocycles. The molecule has 0 bridgehead atoms. The molecule has 2 N–H and O–H groups in total. The molecule has 2 rings (SSSR count). The largest absolute Gasteiger partial charge is 0.350 e. The summed E-state index contributed by atoms with van der Waals surface area (Å²) in [4.78, 5) is 16.0. The van der Waals surface area contributed by atoms with Gasteiger partial charge in [-0.15, -0.1) is 24.8 Å². The first-order valence-electron chi connectivity index (χ1n) is 6.68. The molecule has 0 aliphatic carbocycles. The van der Waals surface area contributed by atoms with Crippen LogP contribution in [-0.2, 0) is 0 Å². The third-order valence-corrected chi connectivity index (χ3v) is 2.68. The minimum Gasteiger partial charge on any atom is -0.350 e. The van der Waals surface area contributed by atoms with Gasteiger partial charge < -0.3 is 15.2 Å². The maximum Gasteiger partial charge on any atom is 0.289 e. The fraction of sp³-hybridized carbons (Fsp3) is 0.357. The molecule has 2 aromatic heterocycles. The number of carbonyl (C=O) groups excluding carboxylic acids is 1. The number of halogens is 2. The maximum atomic E-state index is 11.8. The van der Waals surface area contributed by atoms with Gasteiger partial charge in [-0.3, -0.25) is 9.78 Å². The first-order chi connectivity index (χ1) is 9.81. The first-order valence-corrected chi connectivity index (χ1v) is 6.68. The van der Waals surface area contributed by atoms with Gasteiger partial charge in [0, 0.05) is 25.4 Å². The van der Waals surface area contributed by atoms with Crippen molar-refractivity contribution in [2.45, 2.75) is 13.3 Å². The second-order valence-corrected chi connectivity index (χ2v) is 4.30. The number of hydrogen-bond donors (Lipinski definition) is 2. The van der Waals surface area contributed by atoms with Crippen LogP contribution in [0.4, 0.5) is 0 Å². The van der Waals surface area contributed by atoms with Crippen molar-refractivity contribution in [1.29, 1.82) is 0 Å². The lowest BCUT2D eigenvalue weighted by Crippen LogP contribution is -2.31. The Morgan fingerprint density at radius 1 is 1.18 bits per heavy atom. The number of nitrogens with one attached hydrogen (secondary N) is 2. The van der Waals surface area contributed by atoms with E-state index in [1.165, 1.54) is 0 Å². The summed E-state index contributed by atoms with van der Waals surface area (Å²) in [5, 5.41) is 9.82. The molecule has 0 spiro atoms. The van der Waals surface area contributed by atoms with Crippen LogP contribution in [-0.4, -0.2) is 35.7 Å². The van der Waals surface area contributed by atoms with Crippen LogP contribution < -0.4 is 10.6 Å². The molecule has 0 aliphatic rings. The van der Waals surface area contributed by atoms with Gasteiger partial charge in [0.1, 0.15) is 5.69 Å². The molecular weight excluding hydrogens is 327 g/mol. The lowest BCUT2D eigenvalue weighted by Gasteiger charge is -2.03. The highest BCUT2D eigenvalue weighted by Gasteiger charge is 2.13. The summed E-state index contributed by atoms with van der Waals surface area (Å²) in [5.41, 5.74) is 1.24. The molecular formula is C14H20Cl2N4O2. The van der Waals surface area contributed by atoms with E-state index in [1.54, 1.807) is 12.3 Å². The van der Waals surface area contributed by atoms with Crippen LogP contribution in [0.1, 0.15) is 23.9 Å². The Hall–Kier alpha value is -1.63. The van der Waals surface area contributed by atoms with Gasteiger partial charge in [0.15, 0.2) is 0 Å². The van der Waals surface area contributed by atoms with E-state index in [0.717, 1.165) is 19.5 Å². The van der Waals surface area contributed by atoms with Crippen molar-refractivity contribution >= 4 is 30.7 Å². The molecule has 0 aromatic carbocycles. The second-order valence-electron chi connectivity index (χ2n) is 4.30. The van der Waals surface area contributed by atoms with Gasteiger partial charge in [-0.1, -0.05) is 18.1 Å². The van der Waals surface area contributed by atoms with Gasteiger partial charge in [0.25, 0.3) is 5.91 Å². The van der Waals surface area contributed by atoms with Gasteiger partial charge in [0.05, 0.1) is 5.69 Å². The average molecular weight is 347 g/mol. The highest BCUT2D eigenvalue weighted by atomic mass is 35.5. The van der Waals surface area contributed by atoms with E-state index in [1.807, 2.05) is 18.2 Å². The van der Waals surface area contributed by atoms with E-state index < -0.39 is 0 Å². The zero-order chi connectivity index (χ0) is 14.2. The van der Waals surface area contributed by atoms with Crippen molar-refractivity contribution in [1.82, 2.24) is 20.8 Å². The predicted molar refractivity (Wildman–Crippen MR) is 89.7 cm³/mol. The third kappa shape index (κ3) is 6.01. The number of pyridine rings is 1. The van der Waals surface area contributed by atoms with Gasteiger partial charge in [-0.05, 0) is 25.1 Å². The van der Waals surface area contributed by atoms with Gasteiger partial charge >= 0.3 is 0 Å². The molecule has 22 heavy (non-hydrogen) atoms. The van der Waals surface area contributed by atoms with E-state index in [0.29, 0.717) is 17.9 Å². The van der Waals surface area contributed by atoms with Crippen LogP contribution in [0.15, 0.2) is 35.0 Å². The number of aromatic nitrogens is 2. The number of nitrogens with zero attached hydrogens (tertiary/aromatic N) is 2. The predicted octanol–water partition coefficient (Wildman–Crippen LogP) is 2.31. The lowest BCUT2D eigenvalue weighted by atomic mass is 10.2. The summed E-state index contributed by atoms with van der Waals surface area (Å²) >= 11 is 0. The highest BCUT2D eigenvalue weighted by Crippen LogP contribution is 2.15. The molecule has 0 radical (unpaired) electrons. The summed E-state index contributed by atoms with van der Waals surface area (Å²) in [5.74, 6) is -0.0703. The Morgan fingerprint density at radius 3 is 2.68 bits per heavy atom. The monoisotopic (exact) mass is 346 g/mol. The molecule has 1 amide bonds. The lowest BCUT2D eigenvalue weighted by molar-refractivity contribution is 0.0917. The number of hydrogen-bond acceptors (Lipinski definition) is 5. The quantitative estimate of drug-likeness (QED) is 0.752. The standard InChI is InChI=1S/C14H18N4O2.2ClH/c1-2-6-15-8-9-17-14(19)13-10-12(18-20-13)11-5-3-4-7-16-11;;/h3-5,7,10,15H,2,6,8-9H2,1H3,(H,17,19);2*1H. The van der Waals surface area contributed by atoms with Gasteiger partial charge in [0.2, 0.25) is 5.76 Å². The molecule has 2 aromatic rings. The van der Waals surface area contributed by atoms with Crippen molar-refractivity contribution in [3.8, 4) is 11.4 Å². The number of amides is 1. The van der Waals surface area contributed by atoms with Crippen molar-refractivity contribution < 1.29 is 9.32 Å². The summed E-state index contributed by atoms with van der Waals surface area (Å²) in [6.07, 6.45) is 2.74. The van der Waals surface area contributed by atoms with Gasteiger partial charge in [-0.2, -0.15) is 0 Å². The first kappa shape index (κ1) is 20.4. The average Bonchev–Trinajstić information content (AvgIpc) is 2.98. The van der Waals surface area contributed by atoms with Crippen LogP contribution in [0.2, 0.25) is 0 Å². The Morgan fingerprint density at radius 2 is 2.00 bits per heavy atom. The van der Waals surface area contributed by atoms with Crippen molar-refractivity contribution in [2.24, 2.45) is 0 Å². The summed E-state index contributed by atoms with van der Waals surface area (Å²) < 4.78 is 5.04. The van der Waals surface area contributed by atoms with Crippen molar-refractivity contribution in [3.63, 3.8) is 0 Å². The van der Waals surface area contributed by atoms with E-state index >= 15 is 0 Å². The van der Waals surface area contributed by atoms with Crippen LogP contribution in [0.3, 0.4) is 0 Å². The molecule has 122 valence electrons. The molecule has 8 heteroatoms. The van der Waals surface area contributed by atoms with E-state index in [4.69, 9.17) is 4.52 Å². The van der Waals surface area contributed by atoms with E-state index in [9.17, 15) is 4.79 Å². The fourth-order valence-electron chi connectivity index (χ4n) is 1.67. The number of rotatable bonds is 7.